The van der Waals surface area contributed by atoms with Gasteiger partial charge in [0.2, 0.25) is 0 Å². The zero-order valence-electron chi connectivity index (χ0n) is 7.54. The van der Waals surface area contributed by atoms with Gasteiger partial charge in [-0.1, -0.05) is 0 Å². The van der Waals surface area contributed by atoms with E-state index in [-0.39, 0.29) is 11.9 Å². The molecule has 2 heterocycles. The van der Waals surface area contributed by atoms with Gasteiger partial charge in [0.25, 0.3) is 0 Å². The molecule has 0 amide bonds. The highest BCUT2D eigenvalue weighted by atomic mass is 16.5. The van der Waals surface area contributed by atoms with Gasteiger partial charge in [-0.2, -0.15) is 0 Å². The van der Waals surface area contributed by atoms with E-state index in [1.807, 2.05) is 6.92 Å². The summed E-state index contributed by atoms with van der Waals surface area (Å²) in [4.78, 5) is 11.4. The Hall–Kier alpha value is -0.570. The number of carbonyl (C=O) groups is 1. The monoisotopic (exact) mass is 169 g/mol. The molecule has 2 saturated heterocycles. The maximum absolute atomic E-state index is 11.4. The Kier molecular flexibility index (Phi) is 1.83. The van der Waals surface area contributed by atoms with Crippen LogP contribution < -0.4 is 5.32 Å². The van der Waals surface area contributed by atoms with Crippen molar-refractivity contribution in [1.29, 1.82) is 0 Å². The molecule has 0 radical (unpaired) electrons. The molecule has 3 heteroatoms. The van der Waals surface area contributed by atoms with Crippen LogP contribution in [0.3, 0.4) is 0 Å². The number of ether oxygens (including phenoxy) is 1. The predicted octanol–water partition coefficient (Wildman–Crippen LogP) is 0.546. The van der Waals surface area contributed by atoms with Crippen LogP contribution >= 0.6 is 0 Å². The van der Waals surface area contributed by atoms with E-state index < -0.39 is 0 Å². The predicted molar refractivity (Wildman–Crippen MR) is 44.6 cm³/mol. The SMILES string of the molecule is CCOC(=O)[C@H]1[C@@H]2C[C@H]1N[C@@H]2C. The average Bonchev–Trinajstić information content (AvgIpc) is 2.43. The zero-order valence-corrected chi connectivity index (χ0v) is 7.54. The number of rotatable bonds is 2. The zero-order chi connectivity index (χ0) is 8.72. The van der Waals surface area contributed by atoms with Gasteiger partial charge >= 0.3 is 5.97 Å². The fraction of sp³-hybridized carbons (Fsp3) is 0.889. The molecule has 1 aliphatic carbocycles. The smallest absolute Gasteiger partial charge is 0.310 e. The van der Waals surface area contributed by atoms with E-state index in [0.29, 0.717) is 24.6 Å². The Morgan fingerprint density at radius 2 is 2.42 bits per heavy atom. The molecule has 2 bridgehead atoms. The highest BCUT2D eigenvalue weighted by Gasteiger charge is 2.55. The summed E-state index contributed by atoms with van der Waals surface area (Å²) >= 11 is 0. The first-order chi connectivity index (χ1) is 5.74. The van der Waals surface area contributed by atoms with E-state index in [9.17, 15) is 4.79 Å². The lowest BCUT2D eigenvalue weighted by Crippen LogP contribution is -2.43. The molecule has 0 aromatic carbocycles. The van der Waals surface area contributed by atoms with E-state index in [2.05, 4.69) is 12.2 Å². The highest BCUT2D eigenvalue weighted by Crippen LogP contribution is 2.44. The van der Waals surface area contributed by atoms with Crippen molar-refractivity contribution in [3.8, 4) is 0 Å². The number of esters is 1. The van der Waals surface area contributed by atoms with E-state index in [4.69, 9.17) is 4.74 Å². The van der Waals surface area contributed by atoms with E-state index in [0.717, 1.165) is 6.42 Å². The van der Waals surface area contributed by atoms with E-state index in [1.165, 1.54) is 0 Å². The lowest BCUT2D eigenvalue weighted by Gasteiger charge is -2.32. The summed E-state index contributed by atoms with van der Waals surface area (Å²) < 4.78 is 5.00. The molecule has 2 aliphatic heterocycles. The number of carbonyl (C=O) groups excluding carboxylic acids is 1. The van der Waals surface area contributed by atoms with Gasteiger partial charge < -0.3 is 10.1 Å². The molecular formula is C9H15NO2. The van der Waals surface area contributed by atoms with Crippen molar-refractivity contribution >= 4 is 5.97 Å². The van der Waals surface area contributed by atoms with Crippen LogP contribution in [0.4, 0.5) is 0 Å². The van der Waals surface area contributed by atoms with Gasteiger partial charge in [-0.15, -0.1) is 0 Å². The molecule has 0 spiro atoms. The van der Waals surface area contributed by atoms with Crippen LogP contribution in [0, 0.1) is 11.8 Å². The van der Waals surface area contributed by atoms with Crippen molar-refractivity contribution in [3.05, 3.63) is 0 Å². The third-order valence-electron chi connectivity index (χ3n) is 3.10. The minimum Gasteiger partial charge on any atom is -0.466 e. The summed E-state index contributed by atoms with van der Waals surface area (Å²) in [6, 6.07) is 0.911. The lowest BCUT2D eigenvalue weighted by molar-refractivity contribution is -0.153. The summed E-state index contributed by atoms with van der Waals surface area (Å²) in [6.45, 7) is 4.50. The van der Waals surface area contributed by atoms with Crippen molar-refractivity contribution in [2.75, 3.05) is 6.61 Å². The van der Waals surface area contributed by atoms with Crippen LogP contribution in [0.1, 0.15) is 20.3 Å². The molecule has 3 rings (SSSR count). The second-order valence-electron chi connectivity index (χ2n) is 3.74. The molecule has 0 aromatic heterocycles. The molecule has 4 atom stereocenters. The minimum atomic E-state index is -0.00407. The maximum atomic E-state index is 11.4. The van der Waals surface area contributed by atoms with Gasteiger partial charge in [0, 0.05) is 12.1 Å². The first kappa shape index (κ1) is 8.05. The van der Waals surface area contributed by atoms with Crippen LogP contribution in [0.2, 0.25) is 0 Å². The van der Waals surface area contributed by atoms with Crippen molar-refractivity contribution < 1.29 is 9.53 Å². The van der Waals surface area contributed by atoms with E-state index >= 15 is 0 Å². The largest absolute Gasteiger partial charge is 0.466 e. The minimum absolute atomic E-state index is 0.00407. The molecule has 3 nitrogen and oxygen atoms in total. The first-order valence-corrected chi connectivity index (χ1v) is 4.66. The van der Waals surface area contributed by atoms with Crippen molar-refractivity contribution in [2.45, 2.75) is 32.4 Å². The molecule has 1 N–H and O–H groups in total. The van der Waals surface area contributed by atoms with Gasteiger partial charge in [0.05, 0.1) is 12.5 Å². The summed E-state index contributed by atoms with van der Waals surface area (Å²) in [5.74, 6) is 0.685. The van der Waals surface area contributed by atoms with Crippen molar-refractivity contribution in [2.24, 2.45) is 11.8 Å². The standard InChI is InChI=1S/C9H15NO2/c1-3-12-9(11)8-6-4-7(8)10-5(6)2/h5-8,10H,3-4H2,1-2H3/t5-,6-,7-,8+/m1/s1. The number of hydrogen-bond acceptors (Lipinski definition) is 3. The quantitative estimate of drug-likeness (QED) is 0.613. The normalized spacial score (nSPS) is 43.8. The highest BCUT2D eigenvalue weighted by molar-refractivity contribution is 5.75. The third kappa shape index (κ3) is 0.959. The number of hydrogen-bond donors (Lipinski definition) is 1. The molecule has 12 heavy (non-hydrogen) atoms. The fourth-order valence-corrected chi connectivity index (χ4v) is 2.41. The van der Waals surface area contributed by atoms with Gasteiger partial charge in [-0.3, -0.25) is 4.79 Å². The Bertz CT molecular complexity index is 205. The summed E-state index contributed by atoms with van der Waals surface area (Å²) in [5.41, 5.74) is 0. The van der Waals surface area contributed by atoms with Crippen LogP contribution in [0.25, 0.3) is 0 Å². The lowest BCUT2D eigenvalue weighted by atomic mass is 9.72. The van der Waals surface area contributed by atoms with Crippen molar-refractivity contribution in [3.63, 3.8) is 0 Å². The second kappa shape index (κ2) is 2.73. The second-order valence-corrected chi connectivity index (χ2v) is 3.74. The Labute approximate surface area is 72.5 Å². The summed E-state index contributed by atoms with van der Waals surface area (Å²) in [5, 5.41) is 3.38. The molecule has 0 unspecified atom stereocenters. The molecular weight excluding hydrogens is 154 g/mol. The average molecular weight is 169 g/mol. The Morgan fingerprint density at radius 1 is 1.67 bits per heavy atom. The van der Waals surface area contributed by atoms with Crippen LogP contribution in [0.5, 0.6) is 0 Å². The van der Waals surface area contributed by atoms with Crippen LogP contribution in [-0.4, -0.2) is 24.7 Å². The van der Waals surface area contributed by atoms with Crippen molar-refractivity contribution in [1.82, 2.24) is 5.32 Å². The number of fused-ring (bicyclic) bond motifs is 1. The maximum Gasteiger partial charge on any atom is 0.310 e. The van der Waals surface area contributed by atoms with Gasteiger partial charge in [-0.05, 0) is 26.2 Å². The van der Waals surface area contributed by atoms with Gasteiger partial charge in [0.15, 0.2) is 0 Å². The molecule has 1 saturated carbocycles. The molecule has 3 fully saturated rings. The van der Waals surface area contributed by atoms with Crippen LogP contribution in [0.15, 0.2) is 0 Å². The third-order valence-corrected chi connectivity index (χ3v) is 3.10. The molecule has 3 aliphatic rings. The summed E-state index contributed by atoms with van der Waals surface area (Å²) in [7, 11) is 0. The van der Waals surface area contributed by atoms with Crippen LogP contribution in [-0.2, 0) is 9.53 Å². The number of nitrogens with one attached hydrogen (secondary N) is 1. The van der Waals surface area contributed by atoms with Gasteiger partial charge in [0.1, 0.15) is 0 Å². The topological polar surface area (TPSA) is 38.3 Å². The van der Waals surface area contributed by atoms with E-state index in [1.54, 1.807) is 0 Å². The Balaban J connectivity index is 1.96. The fourth-order valence-electron chi connectivity index (χ4n) is 2.41. The molecule has 68 valence electrons. The summed E-state index contributed by atoms with van der Waals surface area (Å²) in [6.07, 6.45) is 1.16. The molecule has 0 aromatic rings. The first-order valence-electron chi connectivity index (χ1n) is 4.66. The van der Waals surface area contributed by atoms with Gasteiger partial charge in [-0.25, -0.2) is 0 Å². The Morgan fingerprint density at radius 3 is 2.83 bits per heavy atom.